The Hall–Kier alpha value is -0.440. The van der Waals surface area contributed by atoms with Crippen LogP contribution in [0.3, 0.4) is 0 Å². The molecule has 0 bridgehead atoms. The number of ether oxygens (including phenoxy) is 11. The van der Waals surface area contributed by atoms with E-state index in [0.29, 0.717) is 132 Å². The average molecular weight is 795 g/mol. The van der Waals surface area contributed by atoms with E-state index in [-0.39, 0.29) is 0 Å². The van der Waals surface area contributed by atoms with E-state index in [4.69, 9.17) is 52.1 Å². The summed E-state index contributed by atoms with van der Waals surface area (Å²) >= 11 is 0. The van der Waals surface area contributed by atoms with Gasteiger partial charge in [-0.2, -0.15) is 0 Å². The highest BCUT2D eigenvalue weighted by Crippen LogP contribution is 2.11. The molecule has 332 valence electrons. The van der Waals surface area contributed by atoms with Crippen molar-refractivity contribution in [1.29, 1.82) is 0 Å². The lowest BCUT2D eigenvalue weighted by Crippen LogP contribution is -2.15. The van der Waals surface area contributed by atoms with E-state index in [9.17, 15) is 0 Å². The Morgan fingerprint density at radius 3 is 0.436 bits per heavy atom. The van der Waals surface area contributed by atoms with Crippen LogP contribution in [-0.2, 0) is 52.1 Å². The van der Waals surface area contributed by atoms with Gasteiger partial charge in [-0.25, -0.2) is 0 Å². The molecule has 0 amide bonds. The van der Waals surface area contributed by atoms with Gasteiger partial charge in [-0.15, -0.1) is 0 Å². The van der Waals surface area contributed by atoms with Crippen molar-refractivity contribution in [2.45, 2.75) is 142 Å². The van der Waals surface area contributed by atoms with Gasteiger partial charge in [-0.3, -0.25) is 0 Å². The molecule has 0 aliphatic rings. The van der Waals surface area contributed by atoms with Crippen molar-refractivity contribution >= 4 is 0 Å². The van der Waals surface area contributed by atoms with E-state index in [1.807, 2.05) is 0 Å². The summed E-state index contributed by atoms with van der Waals surface area (Å²) in [4.78, 5) is 0. The molecule has 0 saturated heterocycles. The van der Waals surface area contributed by atoms with Crippen LogP contribution in [-0.4, -0.2) is 145 Å². The van der Waals surface area contributed by atoms with Crippen molar-refractivity contribution in [1.82, 2.24) is 0 Å². The number of unbranched alkanes of at least 4 members (excludes halogenated alkanes) is 18. The molecular weight excluding hydrogens is 704 g/mol. The molecule has 0 heterocycles. The molecule has 0 aromatic heterocycles. The van der Waals surface area contributed by atoms with E-state index in [0.717, 1.165) is 26.1 Å². The van der Waals surface area contributed by atoms with E-state index >= 15 is 0 Å². The van der Waals surface area contributed by atoms with Gasteiger partial charge < -0.3 is 52.1 Å². The minimum Gasteiger partial charge on any atom is -0.379 e. The summed E-state index contributed by atoms with van der Waals surface area (Å²) in [7, 11) is 0. The molecule has 0 spiro atoms. The topological polar surface area (TPSA) is 102 Å². The van der Waals surface area contributed by atoms with Crippen LogP contribution in [0.25, 0.3) is 0 Å². The molecule has 11 heteroatoms. The van der Waals surface area contributed by atoms with Gasteiger partial charge in [0.1, 0.15) is 0 Å². The fourth-order valence-electron chi connectivity index (χ4n) is 5.68. The van der Waals surface area contributed by atoms with Crippen molar-refractivity contribution in [3.63, 3.8) is 0 Å². The molecular formula is C44H90O11. The van der Waals surface area contributed by atoms with Gasteiger partial charge in [-0.05, 0) is 12.8 Å². The second-order valence-electron chi connectivity index (χ2n) is 14.1. The monoisotopic (exact) mass is 795 g/mol. The maximum atomic E-state index is 5.66. The Morgan fingerprint density at radius 1 is 0.145 bits per heavy atom. The average Bonchev–Trinajstić information content (AvgIpc) is 3.20. The minimum absolute atomic E-state index is 0.529. The van der Waals surface area contributed by atoms with Crippen LogP contribution in [0.1, 0.15) is 142 Å². The van der Waals surface area contributed by atoms with Gasteiger partial charge in [0, 0.05) is 13.2 Å². The lowest BCUT2D eigenvalue weighted by Gasteiger charge is -2.09. The van der Waals surface area contributed by atoms with Crippen molar-refractivity contribution in [2.75, 3.05) is 145 Å². The fraction of sp³-hybridized carbons (Fsp3) is 1.00. The SMILES string of the molecule is CCCCCCCCCCCCOCCOCCOCCOCCOCCOCCOCCOCCOCCOCCOCCCCCCCCCCCC. The van der Waals surface area contributed by atoms with Crippen molar-refractivity contribution in [3.05, 3.63) is 0 Å². The molecule has 0 N–H and O–H groups in total. The Labute approximate surface area is 339 Å². The van der Waals surface area contributed by atoms with Crippen molar-refractivity contribution in [3.8, 4) is 0 Å². The molecule has 0 aliphatic heterocycles. The second-order valence-corrected chi connectivity index (χ2v) is 14.1. The largest absolute Gasteiger partial charge is 0.379 e. The Kier molecular flexibility index (Phi) is 53.1. The van der Waals surface area contributed by atoms with Crippen LogP contribution in [0.15, 0.2) is 0 Å². The lowest BCUT2D eigenvalue weighted by molar-refractivity contribution is -0.0275. The summed E-state index contributed by atoms with van der Waals surface area (Å²) in [5, 5.41) is 0. The Balaban J connectivity index is 3.05. The normalized spacial score (nSPS) is 11.7. The Bertz CT molecular complexity index is 595. The first-order valence-corrected chi connectivity index (χ1v) is 22.8. The van der Waals surface area contributed by atoms with Crippen molar-refractivity contribution in [2.24, 2.45) is 0 Å². The molecule has 0 rings (SSSR count). The van der Waals surface area contributed by atoms with Crippen LogP contribution in [0.5, 0.6) is 0 Å². The highest BCUT2D eigenvalue weighted by molar-refractivity contribution is 4.49. The molecule has 55 heavy (non-hydrogen) atoms. The predicted octanol–water partition coefficient (Wildman–Crippen LogP) is 9.01. The molecule has 0 aromatic carbocycles. The van der Waals surface area contributed by atoms with Crippen LogP contribution < -0.4 is 0 Å². The summed E-state index contributed by atoms with van der Waals surface area (Å²) in [6, 6.07) is 0. The number of rotatable bonds is 52. The molecule has 0 atom stereocenters. The second kappa shape index (κ2) is 53.6. The van der Waals surface area contributed by atoms with E-state index in [1.54, 1.807) is 0 Å². The van der Waals surface area contributed by atoms with Crippen molar-refractivity contribution < 1.29 is 52.1 Å². The van der Waals surface area contributed by atoms with Gasteiger partial charge in [0.25, 0.3) is 0 Å². The van der Waals surface area contributed by atoms with Gasteiger partial charge in [-0.1, -0.05) is 129 Å². The van der Waals surface area contributed by atoms with Crippen LogP contribution in [0.2, 0.25) is 0 Å². The summed E-state index contributed by atoms with van der Waals surface area (Å²) in [5.74, 6) is 0. The summed E-state index contributed by atoms with van der Waals surface area (Å²) < 4.78 is 61.2. The van der Waals surface area contributed by atoms with E-state index < -0.39 is 0 Å². The van der Waals surface area contributed by atoms with Crippen LogP contribution >= 0.6 is 0 Å². The third-order valence-corrected chi connectivity index (χ3v) is 9.00. The predicted molar refractivity (Wildman–Crippen MR) is 223 cm³/mol. The van der Waals surface area contributed by atoms with Gasteiger partial charge in [0.15, 0.2) is 0 Å². The summed E-state index contributed by atoms with van der Waals surface area (Å²) in [5.41, 5.74) is 0. The summed E-state index contributed by atoms with van der Waals surface area (Å²) in [6.45, 7) is 17.5. The maximum absolute atomic E-state index is 5.66. The molecule has 0 aromatic rings. The third-order valence-electron chi connectivity index (χ3n) is 9.00. The fourth-order valence-corrected chi connectivity index (χ4v) is 5.68. The minimum atomic E-state index is 0.529. The highest BCUT2D eigenvalue weighted by Gasteiger charge is 1.98. The molecule has 0 radical (unpaired) electrons. The van der Waals surface area contributed by atoms with Crippen LogP contribution in [0, 0.1) is 0 Å². The van der Waals surface area contributed by atoms with Crippen LogP contribution in [0.4, 0.5) is 0 Å². The van der Waals surface area contributed by atoms with Gasteiger partial charge in [0.05, 0.1) is 132 Å². The zero-order chi connectivity index (χ0) is 39.5. The van der Waals surface area contributed by atoms with E-state index in [2.05, 4.69) is 13.8 Å². The smallest absolute Gasteiger partial charge is 0.0701 e. The molecule has 0 unspecified atom stereocenters. The zero-order valence-electron chi connectivity index (χ0n) is 36.2. The lowest BCUT2D eigenvalue weighted by atomic mass is 10.1. The molecule has 11 nitrogen and oxygen atoms in total. The Morgan fingerprint density at radius 2 is 0.273 bits per heavy atom. The first-order valence-electron chi connectivity index (χ1n) is 22.8. The standard InChI is InChI=1S/C44H90O11/c1-3-5-7-9-11-13-15-17-19-21-23-45-25-27-47-29-31-49-33-35-51-37-39-53-41-43-55-44-42-54-40-38-52-36-34-50-32-30-48-28-26-46-24-22-20-18-16-14-12-10-8-6-4-2/h3-44H2,1-2H3. The molecule has 0 saturated carbocycles. The first kappa shape index (κ1) is 54.6. The third kappa shape index (κ3) is 53.6. The van der Waals surface area contributed by atoms with E-state index in [1.165, 1.54) is 116 Å². The quantitative estimate of drug-likeness (QED) is 0.0552. The van der Waals surface area contributed by atoms with Gasteiger partial charge >= 0.3 is 0 Å². The maximum Gasteiger partial charge on any atom is 0.0701 e. The van der Waals surface area contributed by atoms with Gasteiger partial charge in [0.2, 0.25) is 0 Å². The highest BCUT2D eigenvalue weighted by atomic mass is 16.6. The summed E-state index contributed by atoms with van der Waals surface area (Å²) in [6.07, 6.45) is 26.9. The number of hydrogen-bond donors (Lipinski definition) is 0. The molecule has 0 aliphatic carbocycles. The first-order chi connectivity index (χ1) is 27.4. The zero-order valence-corrected chi connectivity index (χ0v) is 36.2. The molecule has 0 fully saturated rings. The number of hydrogen-bond acceptors (Lipinski definition) is 11.